The van der Waals surface area contributed by atoms with Gasteiger partial charge < -0.3 is 9.88 Å². The summed E-state index contributed by atoms with van der Waals surface area (Å²) in [7, 11) is 1.76. The normalized spacial score (nSPS) is 15.2. The van der Waals surface area contributed by atoms with Gasteiger partial charge in [-0.3, -0.25) is 9.36 Å². The average molecular weight is 313 g/mol. The molecule has 122 valence electrons. The highest BCUT2D eigenvalue weighted by Crippen LogP contribution is 2.30. The van der Waals surface area contributed by atoms with E-state index in [0.29, 0.717) is 12.1 Å². The van der Waals surface area contributed by atoms with Crippen molar-refractivity contribution < 1.29 is 4.79 Å². The van der Waals surface area contributed by atoms with Crippen LogP contribution in [-0.4, -0.2) is 34.0 Å². The topological polar surface area (TPSA) is 58.1 Å². The quantitative estimate of drug-likeness (QED) is 0.882. The number of fused-ring (bicyclic) bond motifs is 1. The fourth-order valence-electron chi connectivity index (χ4n) is 3.49. The molecule has 5 nitrogen and oxygen atoms in total. The smallest absolute Gasteiger partial charge is 0.326 e. The minimum Gasteiger partial charge on any atom is -0.338 e. The molecule has 1 fully saturated rings. The van der Waals surface area contributed by atoms with E-state index in [1.54, 1.807) is 24.1 Å². The van der Waals surface area contributed by atoms with Crippen LogP contribution in [-0.2, 0) is 0 Å². The zero-order valence-corrected chi connectivity index (χ0v) is 13.8. The molecule has 0 radical (unpaired) electrons. The van der Waals surface area contributed by atoms with Crippen LogP contribution in [0.4, 0.5) is 0 Å². The third-order valence-corrected chi connectivity index (χ3v) is 4.51. The fraction of sp³-hybridized carbons (Fsp3) is 0.444. The Labute approximate surface area is 135 Å². The summed E-state index contributed by atoms with van der Waals surface area (Å²) < 4.78 is 1.86. The van der Waals surface area contributed by atoms with E-state index in [0.717, 1.165) is 29.4 Å². The largest absolute Gasteiger partial charge is 0.338 e. The van der Waals surface area contributed by atoms with Crippen LogP contribution in [0, 0.1) is 0 Å². The second-order valence-corrected chi connectivity index (χ2v) is 6.59. The predicted molar refractivity (Wildman–Crippen MR) is 91.8 cm³/mol. The number of nitrogens with one attached hydrogen (secondary N) is 1. The van der Waals surface area contributed by atoms with Crippen LogP contribution < -0.4 is 5.69 Å². The van der Waals surface area contributed by atoms with Crippen molar-refractivity contribution in [3.63, 3.8) is 0 Å². The molecule has 0 aliphatic heterocycles. The summed E-state index contributed by atoms with van der Waals surface area (Å²) in [5, 5.41) is 0. The summed E-state index contributed by atoms with van der Waals surface area (Å²) in [5.74, 6) is -0.0654. The fourth-order valence-corrected chi connectivity index (χ4v) is 3.49. The van der Waals surface area contributed by atoms with Gasteiger partial charge in [-0.05, 0) is 38.0 Å². The zero-order valence-electron chi connectivity index (χ0n) is 13.8. The Bertz CT molecular complexity index is 809. The summed E-state index contributed by atoms with van der Waals surface area (Å²) in [6.07, 6.45) is 4.45. The first-order valence-corrected chi connectivity index (χ1v) is 8.11. The number of nitrogens with zero attached hydrogens (tertiary/aromatic N) is 2. The Balaban J connectivity index is 1.95. The molecule has 0 spiro atoms. The molecule has 1 saturated carbocycles. The number of aromatic nitrogens is 2. The Kier molecular flexibility index (Phi) is 4.11. The summed E-state index contributed by atoms with van der Waals surface area (Å²) >= 11 is 0. The van der Waals surface area contributed by atoms with Gasteiger partial charge in [0.05, 0.1) is 11.0 Å². The van der Waals surface area contributed by atoms with Crippen LogP contribution >= 0.6 is 0 Å². The summed E-state index contributed by atoms with van der Waals surface area (Å²) in [5.41, 5.74) is 3.06. The molecule has 1 heterocycles. The SMILES string of the molecule is C=C(C)CN(C)C(=O)c1ccc2c(c1)[nH]c(=O)n2C1CCCC1. The van der Waals surface area contributed by atoms with Gasteiger partial charge in [-0.15, -0.1) is 0 Å². The molecule has 1 aliphatic rings. The van der Waals surface area contributed by atoms with E-state index in [9.17, 15) is 9.59 Å². The molecular formula is C18H23N3O2. The number of carbonyl (C=O) groups excluding carboxylic acids is 1. The van der Waals surface area contributed by atoms with Crippen molar-refractivity contribution >= 4 is 16.9 Å². The van der Waals surface area contributed by atoms with Gasteiger partial charge in [-0.25, -0.2) is 4.79 Å². The van der Waals surface area contributed by atoms with Gasteiger partial charge in [-0.1, -0.05) is 25.0 Å². The Hall–Kier alpha value is -2.30. The molecule has 0 unspecified atom stereocenters. The lowest BCUT2D eigenvalue weighted by molar-refractivity contribution is 0.0807. The monoisotopic (exact) mass is 313 g/mol. The van der Waals surface area contributed by atoms with Gasteiger partial charge in [-0.2, -0.15) is 0 Å². The van der Waals surface area contributed by atoms with E-state index in [1.807, 2.05) is 17.6 Å². The maximum absolute atomic E-state index is 12.5. The second kappa shape index (κ2) is 6.07. The van der Waals surface area contributed by atoms with Gasteiger partial charge in [0.25, 0.3) is 5.91 Å². The number of hydrogen-bond acceptors (Lipinski definition) is 2. The minimum atomic E-state index is -0.0770. The first-order valence-electron chi connectivity index (χ1n) is 8.11. The number of carbonyl (C=O) groups is 1. The van der Waals surface area contributed by atoms with Crippen LogP contribution in [0.5, 0.6) is 0 Å². The summed E-state index contributed by atoms with van der Waals surface area (Å²) in [4.78, 5) is 29.3. The van der Waals surface area contributed by atoms with Crippen molar-refractivity contribution in [1.82, 2.24) is 14.5 Å². The first-order chi connectivity index (χ1) is 11.0. The van der Waals surface area contributed by atoms with Gasteiger partial charge >= 0.3 is 5.69 Å². The van der Waals surface area contributed by atoms with Gasteiger partial charge in [0.2, 0.25) is 0 Å². The number of H-pyrrole nitrogens is 1. The number of amides is 1. The number of rotatable bonds is 4. The van der Waals surface area contributed by atoms with E-state index in [1.165, 1.54) is 12.8 Å². The van der Waals surface area contributed by atoms with E-state index in [2.05, 4.69) is 11.6 Å². The summed E-state index contributed by atoms with van der Waals surface area (Å²) in [6.45, 7) is 6.25. The molecule has 1 aromatic heterocycles. The van der Waals surface area contributed by atoms with Crippen molar-refractivity contribution in [2.75, 3.05) is 13.6 Å². The van der Waals surface area contributed by atoms with E-state index in [-0.39, 0.29) is 17.6 Å². The van der Waals surface area contributed by atoms with E-state index < -0.39 is 0 Å². The van der Waals surface area contributed by atoms with Gasteiger partial charge in [0.1, 0.15) is 0 Å². The molecule has 1 aromatic carbocycles. The van der Waals surface area contributed by atoms with Crippen LogP contribution in [0.15, 0.2) is 35.1 Å². The number of aromatic amines is 1. The number of imidazole rings is 1. The van der Waals surface area contributed by atoms with E-state index >= 15 is 0 Å². The molecule has 2 aromatic rings. The van der Waals surface area contributed by atoms with Gasteiger partial charge in [0.15, 0.2) is 0 Å². The number of hydrogen-bond donors (Lipinski definition) is 1. The number of benzene rings is 1. The van der Waals surface area contributed by atoms with E-state index in [4.69, 9.17) is 0 Å². The lowest BCUT2D eigenvalue weighted by Gasteiger charge is -2.17. The molecule has 5 heteroatoms. The molecule has 1 aliphatic carbocycles. The maximum atomic E-state index is 12.5. The Morgan fingerprint density at radius 3 is 2.74 bits per heavy atom. The molecule has 1 amide bonds. The van der Waals surface area contributed by atoms with Crippen LogP contribution in [0.25, 0.3) is 11.0 Å². The number of likely N-dealkylation sites (N-methyl/N-ethyl adjacent to an activating group) is 1. The van der Waals surface area contributed by atoms with Crippen molar-refractivity contribution in [2.24, 2.45) is 0 Å². The van der Waals surface area contributed by atoms with Crippen LogP contribution in [0.1, 0.15) is 49.0 Å². The second-order valence-electron chi connectivity index (χ2n) is 6.59. The van der Waals surface area contributed by atoms with Crippen molar-refractivity contribution in [3.8, 4) is 0 Å². The third-order valence-electron chi connectivity index (χ3n) is 4.51. The lowest BCUT2D eigenvalue weighted by atomic mass is 10.1. The van der Waals surface area contributed by atoms with Crippen molar-refractivity contribution in [2.45, 2.75) is 38.6 Å². The lowest BCUT2D eigenvalue weighted by Crippen LogP contribution is -2.28. The molecule has 0 saturated heterocycles. The van der Waals surface area contributed by atoms with Crippen LogP contribution in [0.2, 0.25) is 0 Å². The molecule has 1 N–H and O–H groups in total. The highest BCUT2D eigenvalue weighted by molar-refractivity contribution is 5.97. The Morgan fingerprint density at radius 1 is 1.39 bits per heavy atom. The highest BCUT2D eigenvalue weighted by atomic mass is 16.2. The standard InChI is InChI=1S/C18H23N3O2/c1-12(2)11-20(3)17(22)13-8-9-16-15(10-13)19-18(23)21(16)14-6-4-5-7-14/h8-10,14H,1,4-7,11H2,2-3H3,(H,19,23). The zero-order chi connectivity index (χ0) is 16.6. The summed E-state index contributed by atoms with van der Waals surface area (Å²) in [6, 6.07) is 5.74. The maximum Gasteiger partial charge on any atom is 0.326 e. The molecular weight excluding hydrogens is 290 g/mol. The van der Waals surface area contributed by atoms with Gasteiger partial charge in [0, 0.05) is 25.2 Å². The predicted octanol–water partition coefficient (Wildman–Crippen LogP) is 3.09. The van der Waals surface area contributed by atoms with Crippen molar-refractivity contribution in [1.29, 1.82) is 0 Å². The van der Waals surface area contributed by atoms with Crippen LogP contribution in [0.3, 0.4) is 0 Å². The highest BCUT2D eigenvalue weighted by Gasteiger charge is 2.22. The first kappa shape index (κ1) is 15.6. The molecule has 0 bridgehead atoms. The van der Waals surface area contributed by atoms with Crippen molar-refractivity contribution in [3.05, 3.63) is 46.4 Å². The Morgan fingerprint density at radius 2 is 2.09 bits per heavy atom. The third kappa shape index (κ3) is 2.96. The minimum absolute atomic E-state index is 0.0654. The molecule has 23 heavy (non-hydrogen) atoms. The average Bonchev–Trinajstić information content (AvgIpc) is 3.10. The molecule has 0 atom stereocenters. The molecule has 3 rings (SSSR count).